The number of fused-ring (bicyclic) bond motifs is 2. The van der Waals surface area contributed by atoms with Gasteiger partial charge in [0.25, 0.3) is 0 Å². The fraction of sp³-hybridized carbons (Fsp3) is 0.500. The van der Waals surface area contributed by atoms with Gasteiger partial charge in [-0.2, -0.15) is 0 Å². The average Bonchev–Trinajstić information content (AvgIpc) is 2.92. The van der Waals surface area contributed by atoms with Crippen LogP contribution in [-0.2, 0) is 27.8 Å². The van der Waals surface area contributed by atoms with E-state index in [4.69, 9.17) is 16.3 Å². The van der Waals surface area contributed by atoms with Gasteiger partial charge in [0.1, 0.15) is 5.60 Å². The predicted octanol–water partition coefficient (Wildman–Crippen LogP) is 6.48. The van der Waals surface area contributed by atoms with E-state index in [9.17, 15) is 9.59 Å². The van der Waals surface area contributed by atoms with Crippen LogP contribution in [0.5, 0.6) is 0 Å². The summed E-state index contributed by atoms with van der Waals surface area (Å²) in [5, 5.41) is 0.753. The molecule has 0 bridgehead atoms. The first-order valence-corrected chi connectivity index (χ1v) is 13.7. The van der Waals surface area contributed by atoms with E-state index >= 15 is 0 Å². The van der Waals surface area contributed by atoms with Crippen molar-refractivity contribution in [1.82, 2.24) is 4.90 Å². The number of para-hydroxylation sites is 1. The molecule has 0 radical (unpaired) electrons. The van der Waals surface area contributed by atoms with Crippen LogP contribution in [0.1, 0.15) is 57.7 Å². The number of ether oxygens (including phenoxy) is 1. The first kappa shape index (κ1) is 25.9. The van der Waals surface area contributed by atoms with Crippen LogP contribution >= 0.6 is 23.4 Å². The van der Waals surface area contributed by atoms with Crippen LogP contribution < -0.4 is 4.90 Å². The van der Waals surface area contributed by atoms with Crippen molar-refractivity contribution in [1.29, 1.82) is 0 Å². The van der Waals surface area contributed by atoms with Gasteiger partial charge in [-0.25, -0.2) is 4.79 Å². The molecule has 0 N–H and O–H groups in total. The number of carbonyl (C=O) groups excluding carboxylic acids is 2. The first-order chi connectivity index (χ1) is 16.5. The molecule has 2 aliphatic heterocycles. The van der Waals surface area contributed by atoms with Gasteiger partial charge in [-0.15, -0.1) is 11.8 Å². The number of amides is 2. The molecule has 0 saturated carbocycles. The molecule has 0 aromatic heterocycles. The van der Waals surface area contributed by atoms with Crippen LogP contribution in [-0.4, -0.2) is 47.9 Å². The van der Waals surface area contributed by atoms with E-state index < -0.39 is 11.0 Å². The van der Waals surface area contributed by atoms with Crippen molar-refractivity contribution in [2.45, 2.75) is 69.8 Å². The summed E-state index contributed by atoms with van der Waals surface area (Å²) in [7, 11) is 0. The fourth-order valence-electron chi connectivity index (χ4n) is 4.85. The molecule has 4 rings (SSSR count). The minimum absolute atomic E-state index is 0.164. The van der Waals surface area contributed by atoms with Gasteiger partial charge in [0.05, 0.1) is 10.4 Å². The largest absolute Gasteiger partial charge is 0.444 e. The first-order valence-electron chi connectivity index (χ1n) is 12.3. The summed E-state index contributed by atoms with van der Waals surface area (Å²) >= 11 is 8.40. The molecule has 2 amide bonds. The summed E-state index contributed by atoms with van der Waals surface area (Å²) in [5.41, 5.74) is 3.62. The molecule has 2 heterocycles. The van der Waals surface area contributed by atoms with E-state index in [1.807, 2.05) is 63.8 Å². The van der Waals surface area contributed by atoms with Crippen molar-refractivity contribution in [3.63, 3.8) is 0 Å². The normalized spacial score (nSPS) is 17.1. The second kappa shape index (κ2) is 10.1. The smallest absolute Gasteiger partial charge is 0.410 e. The number of benzene rings is 2. The van der Waals surface area contributed by atoms with Crippen LogP contribution in [0.15, 0.2) is 41.3 Å². The molecule has 0 aliphatic carbocycles. The van der Waals surface area contributed by atoms with Crippen molar-refractivity contribution in [2.75, 3.05) is 30.3 Å². The molecule has 35 heavy (non-hydrogen) atoms. The number of hydrogen-bond donors (Lipinski definition) is 0. The van der Waals surface area contributed by atoms with Crippen molar-refractivity contribution < 1.29 is 14.3 Å². The summed E-state index contributed by atoms with van der Waals surface area (Å²) in [6.07, 6.45) is 2.14. The van der Waals surface area contributed by atoms with E-state index in [0.717, 1.165) is 46.2 Å². The Hall–Kier alpha value is -2.18. The second-order valence-corrected chi connectivity index (χ2v) is 12.3. The monoisotopic (exact) mass is 514 g/mol. The predicted molar refractivity (Wildman–Crippen MR) is 144 cm³/mol. The van der Waals surface area contributed by atoms with E-state index in [1.54, 1.807) is 16.7 Å². The molecule has 0 spiro atoms. The SMILES string of the molecule is CC(C)(C)OC(=O)N1CCc2ccc(Cl)c(SCCCN3C(=O)C(C)(C)c4ccccc43)c2CC1. The third kappa shape index (κ3) is 5.49. The van der Waals surface area contributed by atoms with Gasteiger partial charge in [0, 0.05) is 30.2 Å². The summed E-state index contributed by atoms with van der Waals surface area (Å²) < 4.78 is 5.59. The highest BCUT2D eigenvalue weighted by Crippen LogP contribution is 2.41. The number of halogens is 1. The van der Waals surface area contributed by atoms with Gasteiger partial charge < -0.3 is 14.5 Å². The van der Waals surface area contributed by atoms with Crippen molar-refractivity contribution >= 4 is 41.1 Å². The number of thioether (sulfide) groups is 1. The maximum atomic E-state index is 13.1. The molecule has 2 aromatic carbocycles. The lowest BCUT2D eigenvalue weighted by molar-refractivity contribution is -0.122. The molecule has 0 saturated heterocycles. The lowest BCUT2D eigenvalue weighted by Crippen LogP contribution is -2.38. The zero-order valence-corrected chi connectivity index (χ0v) is 22.9. The highest BCUT2D eigenvalue weighted by atomic mass is 35.5. The number of anilines is 1. The molecule has 0 atom stereocenters. The Labute approximate surface area is 218 Å². The standard InChI is InChI=1S/C28H35ClN2O3S/c1-27(2,3)34-26(33)30-16-13-19-11-12-22(29)24(20(19)14-17-30)35-18-8-15-31-23-10-7-6-9-21(23)28(4,5)25(31)32/h6-7,9-12H,8,13-18H2,1-5H3. The zero-order valence-electron chi connectivity index (χ0n) is 21.3. The zero-order chi connectivity index (χ0) is 25.4. The second-order valence-electron chi connectivity index (χ2n) is 10.8. The van der Waals surface area contributed by atoms with Crippen molar-refractivity contribution in [3.8, 4) is 0 Å². The summed E-state index contributed by atoms with van der Waals surface area (Å²) in [5.74, 6) is 1.02. The Kier molecular flexibility index (Phi) is 7.44. The van der Waals surface area contributed by atoms with Gasteiger partial charge in [0.2, 0.25) is 5.91 Å². The van der Waals surface area contributed by atoms with E-state index in [-0.39, 0.29) is 12.0 Å². The van der Waals surface area contributed by atoms with Gasteiger partial charge >= 0.3 is 6.09 Å². The van der Waals surface area contributed by atoms with Crippen LogP contribution in [0.3, 0.4) is 0 Å². The van der Waals surface area contributed by atoms with Crippen LogP contribution in [0.4, 0.5) is 10.5 Å². The Morgan fingerprint density at radius 2 is 1.83 bits per heavy atom. The third-order valence-electron chi connectivity index (χ3n) is 6.66. The number of hydrogen-bond acceptors (Lipinski definition) is 4. The highest BCUT2D eigenvalue weighted by molar-refractivity contribution is 7.99. The van der Waals surface area contributed by atoms with Crippen LogP contribution in [0, 0.1) is 0 Å². The number of rotatable bonds is 5. The molecular formula is C28H35ClN2O3S. The quantitative estimate of drug-likeness (QED) is 0.338. The average molecular weight is 515 g/mol. The Balaban J connectivity index is 1.40. The summed E-state index contributed by atoms with van der Waals surface area (Å²) in [6, 6.07) is 12.1. The van der Waals surface area contributed by atoms with Crippen LogP contribution in [0.2, 0.25) is 5.02 Å². The van der Waals surface area contributed by atoms with Crippen molar-refractivity contribution in [3.05, 3.63) is 58.1 Å². The molecule has 2 aromatic rings. The van der Waals surface area contributed by atoms with Gasteiger partial charge in [0.15, 0.2) is 0 Å². The van der Waals surface area contributed by atoms with Crippen molar-refractivity contribution in [2.24, 2.45) is 0 Å². The van der Waals surface area contributed by atoms with Crippen LogP contribution in [0.25, 0.3) is 0 Å². The molecule has 0 unspecified atom stereocenters. The molecule has 7 heteroatoms. The Bertz CT molecular complexity index is 1130. The van der Waals surface area contributed by atoms with Gasteiger partial charge in [-0.05, 0) is 88.5 Å². The Morgan fingerprint density at radius 1 is 1.11 bits per heavy atom. The number of carbonyl (C=O) groups is 2. The summed E-state index contributed by atoms with van der Waals surface area (Å²) in [6.45, 7) is 11.6. The maximum Gasteiger partial charge on any atom is 0.410 e. The van der Waals surface area contributed by atoms with Gasteiger partial charge in [-0.3, -0.25) is 4.79 Å². The topological polar surface area (TPSA) is 49.9 Å². The number of nitrogens with zero attached hydrogens (tertiary/aromatic N) is 2. The van der Waals surface area contributed by atoms with Gasteiger partial charge in [-0.1, -0.05) is 35.9 Å². The maximum absolute atomic E-state index is 13.1. The minimum Gasteiger partial charge on any atom is -0.444 e. The highest BCUT2D eigenvalue weighted by Gasteiger charge is 2.43. The Morgan fingerprint density at radius 3 is 2.57 bits per heavy atom. The lowest BCUT2D eigenvalue weighted by atomic mass is 9.86. The molecular weight excluding hydrogens is 480 g/mol. The molecule has 2 aliphatic rings. The third-order valence-corrected chi connectivity index (χ3v) is 8.34. The van der Waals surface area contributed by atoms with E-state index in [2.05, 4.69) is 12.1 Å². The van der Waals surface area contributed by atoms with E-state index in [1.165, 1.54) is 11.1 Å². The fourth-order valence-corrected chi connectivity index (χ4v) is 6.28. The van der Waals surface area contributed by atoms with E-state index in [0.29, 0.717) is 19.6 Å². The lowest BCUT2D eigenvalue weighted by Gasteiger charge is -2.26. The minimum atomic E-state index is -0.507. The molecule has 5 nitrogen and oxygen atoms in total. The molecule has 0 fully saturated rings. The molecule has 188 valence electrons. The summed E-state index contributed by atoms with van der Waals surface area (Å²) in [4.78, 5) is 30.5.